The van der Waals surface area contributed by atoms with Crippen LogP contribution in [0.1, 0.15) is 5.56 Å². The molecular weight excluding hydrogens is 255 g/mol. The summed E-state index contributed by atoms with van der Waals surface area (Å²) in [5.41, 5.74) is 3.32. The Morgan fingerprint density at radius 1 is 0.933 bits per heavy atom. The Balaban J connectivity index is 2.45. The Bertz CT molecular complexity index is 474. The first-order chi connectivity index (χ1) is 7.16. The monoisotopic (exact) mass is 264 g/mol. The fraction of sp³-hybridized carbons (Fsp3) is 0.0769. The van der Waals surface area contributed by atoms with Crippen molar-refractivity contribution in [1.29, 1.82) is 0 Å². The zero-order valence-electron chi connectivity index (χ0n) is 8.30. The van der Waals surface area contributed by atoms with Crippen molar-refractivity contribution in [3.05, 3.63) is 58.3 Å². The molecule has 0 heterocycles. The van der Waals surface area contributed by atoms with Crippen molar-refractivity contribution in [1.82, 2.24) is 0 Å². The van der Waals surface area contributed by atoms with Gasteiger partial charge in [-0.05, 0) is 41.8 Å². The fourth-order valence-corrected chi connectivity index (χ4v) is 1.71. The molecular formula is C13H10BrF. The zero-order chi connectivity index (χ0) is 10.8. The maximum Gasteiger partial charge on any atom is 0.123 e. The average Bonchev–Trinajstić information content (AvgIpc) is 2.23. The van der Waals surface area contributed by atoms with E-state index in [-0.39, 0.29) is 5.82 Å². The summed E-state index contributed by atoms with van der Waals surface area (Å²) >= 11 is 3.45. The summed E-state index contributed by atoms with van der Waals surface area (Å²) in [6.45, 7) is 2.04. The summed E-state index contributed by atoms with van der Waals surface area (Å²) in [6, 6.07) is 12.6. The van der Waals surface area contributed by atoms with Gasteiger partial charge in [-0.1, -0.05) is 40.2 Å². The van der Waals surface area contributed by atoms with E-state index in [0.717, 1.165) is 15.6 Å². The van der Waals surface area contributed by atoms with Gasteiger partial charge >= 0.3 is 0 Å². The van der Waals surface area contributed by atoms with Gasteiger partial charge in [0, 0.05) is 4.47 Å². The molecule has 2 aromatic rings. The van der Waals surface area contributed by atoms with Gasteiger partial charge in [-0.25, -0.2) is 4.39 Å². The molecule has 2 heteroatoms. The third kappa shape index (κ3) is 2.26. The molecule has 76 valence electrons. The van der Waals surface area contributed by atoms with Crippen LogP contribution < -0.4 is 0 Å². The smallest absolute Gasteiger partial charge is 0.123 e. The molecule has 0 aliphatic rings. The molecule has 2 aromatic carbocycles. The first-order valence-corrected chi connectivity index (χ1v) is 5.48. The summed E-state index contributed by atoms with van der Waals surface area (Å²) in [5, 5.41) is 0. The maximum absolute atomic E-state index is 12.7. The molecule has 0 atom stereocenters. The van der Waals surface area contributed by atoms with E-state index in [1.54, 1.807) is 12.1 Å². The average molecular weight is 265 g/mol. The van der Waals surface area contributed by atoms with Crippen LogP contribution in [-0.4, -0.2) is 0 Å². The van der Waals surface area contributed by atoms with Crippen molar-refractivity contribution in [3.63, 3.8) is 0 Å². The van der Waals surface area contributed by atoms with Crippen LogP contribution in [0.25, 0.3) is 11.1 Å². The van der Waals surface area contributed by atoms with Gasteiger partial charge in [0.05, 0.1) is 0 Å². The number of hydrogen-bond acceptors (Lipinski definition) is 0. The van der Waals surface area contributed by atoms with Crippen molar-refractivity contribution in [2.24, 2.45) is 0 Å². The maximum atomic E-state index is 12.7. The Morgan fingerprint density at radius 2 is 1.53 bits per heavy atom. The highest BCUT2D eigenvalue weighted by Gasteiger charge is 2.00. The number of rotatable bonds is 1. The lowest BCUT2D eigenvalue weighted by atomic mass is 10.0. The first kappa shape index (κ1) is 10.4. The van der Waals surface area contributed by atoms with E-state index < -0.39 is 0 Å². The molecule has 0 aliphatic carbocycles. The lowest BCUT2D eigenvalue weighted by Crippen LogP contribution is -1.81. The van der Waals surface area contributed by atoms with Gasteiger partial charge in [-0.3, -0.25) is 0 Å². The second-order valence-electron chi connectivity index (χ2n) is 3.47. The molecule has 0 unspecified atom stereocenters. The van der Waals surface area contributed by atoms with Crippen molar-refractivity contribution < 1.29 is 4.39 Å². The first-order valence-electron chi connectivity index (χ1n) is 4.69. The molecule has 0 saturated carbocycles. The van der Waals surface area contributed by atoms with E-state index in [4.69, 9.17) is 0 Å². The van der Waals surface area contributed by atoms with Crippen LogP contribution in [0.3, 0.4) is 0 Å². The van der Waals surface area contributed by atoms with Gasteiger partial charge in [-0.15, -0.1) is 0 Å². The summed E-state index contributed by atoms with van der Waals surface area (Å²) < 4.78 is 13.8. The van der Waals surface area contributed by atoms with Gasteiger partial charge in [0.1, 0.15) is 5.82 Å². The van der Waals surface area contributed by atoms with Gasteiger partial charge in [0.25, 0.3) is 0 Å². The minimum absolute atomic E-state index is 0.201. The van der Waals surface area contributed by atoms with E-state index in [0.29, 0.717) is 0 Å². The molecule has 0 nitrogen and oxygen atoms in total. The molecule has 0 bridgehead atoms. The molecule has 0 spiro atoms. The van der Waals surface area contributed by atoms with Crippen molar-refractivity contribution in [2.75, 3.05) is 0 Å². The highest BCUT2D eigenvalue weighted by molar-refractivity contribution is 9.10. The largest absolute Gasteiger partial charge is 0.207 e. The van der Waals surface area contributed by atoms with Crippen molar-refractivity contribution >= 4 is 15.9 Å². The molecule has 0 aliphatic heterocycles. The van der Waals surface area contributed by atoms with Crippen molar-refractivity contribution in [2.45, 2.75) is 6.92 Å². The Hall–Kier alpha value is -1.15. The molecule has 0 saturated heterocycles. The van der Waals surface area contributed by atoms with Crippen molar-refractivity contribution in [3.8, 4) is 11.1 Å². The quantitative estimate of drug-likeness (QED) is 0.708. The molecule has 0 aromatic heterocycles. The lowest BCUT2D eigenvalue weighted by Gasteiger charge is -2.04. The minimum Gasteiger partial charge on any atom is -0.207 e. The van der Waals surface area contributed by atoms with E-state index in [1.165, 1.54) is 17.7 Å². The Kier molecular flexibility index (Phi) is 2.87. The number of halogens is 2. The molecule has 0 amide bonds. The summed E-state index contributed by atoms with van der Waals surface area (Å²) in [4.78, 5) is 0. The van der Waals surface area contributed by atoms with Crippen LogP contribution in [0.15, 0.2) is 46.9 Å². The van der Waals surface area contributed by atoms with Gasteiger partial charge in [-0.2, -0.15) is 0 Å². The van der Waals surface area contributed by atoms with E-state index in [9.17, 15) is 4.39 Å². The number of hydrogen-bond donors (Lipinski definition) is 0. The third-order valence-electron chi connectivity index (χ3n) is 2.34. The molecule has 15 heavy (non-hydrogen) atoms. The third-order valence-corrected chi connectivity index (χ3v) is 3.23. The Labute approximate surface area is 96.9 Å². The van der Waals surface area contributed by atoms with Crippen LogP contribution in [0.2, 0.25) is 0 Å². The van der Waals surface area contributed by atoms with Crippen LogP contribution in [-0.2, 0) is 0 Å². The zero-order valence-corrected chi connectivity index (χ0v) is 9.88. The highest BCUT2D eigenvalue weighted by atomic mass is 79.9. The van der Waals surface area contributed by atoms with Crippen LogP contribution in [0.4, 0.5) is 4.39 Å². The van der Waals surface area contributed by atoms with E-state index >= 15 is 0 Å². The van der Waals surface area contributed by atoms with E-state index in [1.807, 2.05) is 19.1 Å². The topological polar surface area (TPSA) is 0 Å². The van der Waals surface area contributed by atoms with Gasteiger partial charge in [0.15, 0.2) is 0 Å². The van der Waals surface area contributed by atoms with Gasteiger partial charge < -0.3 is 0 Å². The Morgan fingerprint density at radius 3 is 2.13 bits per heavy atom. The van der Waals surface area contributed by atoms with Crippen LogP contribution in [0, 0.1) is 12.7 Å². The summed E-state index contributed by atoms with van der Waals surface area (Å²) in [7, 11) is 0. The predicted molar refractivity (Wildman–Crippen MR) is 64.3 cm³/mol. The standard InChI is InChI=1S/C13H10BrF/c1-9-8-11(4-7-13(9)14)10-2-5-12(15)6-3-10/h2-8H,1H3. The highest BCUT2D eigenvalue weighted by Crippen LogP contribution is 2.24. The summed E-state index contributed by atoms with van der Waals surface area (Å²) in [6.07, 6.45) is 0. The molecule has 0 radical (unpaired) electrons. The van der Waals surface area contributed by atoms with Gasteiger partial charge in [0.2, 0.25) is 0 Å². The second kappa shape index (κ2) is 4.15. The predicted octanol–water partition coefficient (Wildman–Crippen LogP) is 4.56. The summed E-state index contributed by atoms with van der Waals surface area (Å²) in [5.74, 6) is -0.201. The second-order valence-corrected chi connectivity index (χ2v) is 4.33. The lowest BCUT2D eigenvalue weighted by molar-refractivity contribution is 0.628. The number of benzene rings is 2. The SMILES string of the molecule is Cc1cc(-c2ccc(F)cc2)ccc1Br. The van der Waals surface area contributed by atoms with Crippen LogP contribution in [0.5, 0.6) is 0 Å². The van der Waals surface area contributed by atoms with Crippen LogP contribution >= 0.6 is 15.9 Å². The minimum atomic E-state index is -0.201. The molecule has 0 N–H and O–H groups in total. The molecule has 0 fully saturated rings. The molecule has 2 rings (SSSR count). The number of aryl methyl sites for hydroxylation is 1. The van der Waals surface area contributed by atoms with E-state index in [2.05, 4.69) is 22.0 Å². The normalized spacial score (nSPS) is 10.3. The fourth-order valence-electron chi connectivity index (χ4n) is 1.47.